The van der Waals surface area contributed by atoms with Crippen LogP contribution < -0.4 is 0 Å². The molecule has 0 amide bonds. The summed E-state index contributed by atoms with van der Waals surface area (Å²) in [6.07, 6.45) is 0. The first-order valence-corrected chi connectivity index (χ1v) is 3.75. The molecule has 0 bridgehead atoms. The maximum atomic E-state index is 11.0. The van der Waals surface area contributed by atoms with Gasteiger partial charge in [-0.15, -0.1) is 6.07 Å². The molecule has 0 aliphatic carbocycles. The van der Waals surface area contributed by atoms with Crippen molar-refractivity contribution in [3.8, 4) is 0 Å². The third kappa shape index (κ3) is 2.85. The van der Waals surface area contributed by atoms with Crippen molar-refractivity contribution in [3.63, 3.8) is 0 Å². The van der Waals surface area contributed by atoms with Crippen LogP contribution in [0.3, 0.4) is 0 Å². The van der Waals surface area contributed by atoms with Gasteiger partial charge in [0.15, 0.2) is 0 Å². The molecule has 66 valence electrons. The maximum absolute atomic E-state index is 11.0. The molecule has 13 heavy (non-hydrogen) atoms. The van der Waals surface area contributed by atoms with Crippen LogP contribution in [0.25, 0.3) is 0 Å². The third-order valence-corrected chi connectivity index (χ3v) is 1.88. The standard InChI is InChI=1S/C11H11O.Y/c1-7-5-11(10(4)12)6-8(2)9(7)3;/h3,5-6H,1H2,2,4H3;/q-2;. The van der Waals surface area contributed by atoms with Crippen LogP contribution in [0.2, 0.25) is 0 Å². The van der Waals surface area contributed by atoms with Crippen LogP contribution >= 0.6 is 0 Å². The Labute approximate surface area is 105 Å². The number of aryl methyl sites for hydroxylation is 1. The fourth-order valence-electron chi connectivity index (χ4n) is 1.07. The van der Waals surface area contributed by atoms with E-state index in [1.807, 2.05) is 6.92 Å². The van der Waals surface area contributed by atoms with Gasteiger partial charge in [-0.3, -0.25) is 24.2 Å². The molecule has 1 aromatic carbocycles. The molecule has 0 fully saturated rings. The van der Waals surface area contributed by atoms with Gasteiger partial charge in [0.05, 0.1) is 0 Å². The molecule has 2 radical (unpaired) electrons. The average molecular weight is 248 g/mol. The van der Waals surface area contributed by atoms with Gasteiger partial charge in [0.25, 0.3) is 0 Å². The second kappa shape index (κ2) is 4.83. The number of carbonyl (C=O) groups is 1. The van der Waals surface area contributed by atoms with E-state index in [0.717, 1.165) is 11.1 Å². The Bertz CT molecular complexity index is 306. The van der Waals surface area contributed by atoms with Crippen molar-refractivity contribution >= 4 is 5.78 Å². The van der Waals surface area contributed by atoms with Crippen LogP contribution in [0.4, 0.5) is 0 Å². The smallest absolute Gasteiger partial charge is 0.145 e. The molecule has 0 aromatic heterocycles. The topological polar surface area (TPSA) is 17.1 Å². The molecule has 0 aliphatic rings. The first kappa shape index (κ1) is 12.7. The quantitative estimate of drug-likeness (QED) is 0.551. The van der Waals surface area contributed by atoms with Crippen molar-refractivity contribution in [2.45, 2.75) is 13.8 Å². The maximum Gasteiger partial charge on any atom is 0.145 e. The van der Waals surface area contributed by atoms with E-state index < -0.39 is 0 Å². The average Bonchev–Trinajstić information content (AvgIpc) is 1.99. The fourth-order valence-corrected chi connectivity index (χ4v) is 1.07. The SMILES string of the molecule is [CH-]c1c([CH2-])cc(C(C)=O)cc1C.[Y]. The molecule has 0 saturated heterocycles. The van der Waals surface area contributed by atoms with E-state index in [2.05, 4.69) is 6.92 Å². The predicted molar refractivity (Wildman–Crippen MR) is 49.0 cm³/mol. The van der Waals surface area contributed by atoms with E-state index in [9.17, 15) is 4.79 Å². The van der Waals surface area contributed by atoms with Crippen LogP contribution in [0.15, 0.2) is 12.1 Å². The molecule has 0 aliphatic heterocycles. The van der Waals surface area contributed by atoms with Crippen molar-refractivity contribution in [2.24, 2.45) is 0 Å². The summed E-state index contributed by atoms with van der Waals surface area (Å²) in [6.45, 7) is 12.8. The Morgan fingerprint density at radius 1 is 1.46 bits per heavy atom. The zero-order valence-electron chi connectivity index (χ0n) is 7.92. The van der Waals surface area contributed by atoms with Gasteiger partial charge in [-0.1, -0.05) is 12.5 Å². The fraction of sp³-hybridized carbons (Fsp3) is 0.182. The van der Waals surface area contributed by atoms with Gasteiger partial charge in [-0.05, 0) is 6.92 Å². The second-order valence-corrected chi connectivity index (χ2v) is 2.92. The minimum Gasteiger partial charge on any atom is -0.302 e. The molecule has 1 aromatic rings. The number of rotatable bonds is 1. The van der Waals surface area contributed by atoms with Crippen molar-refractivity contribution in [1.82, 2.24) is 0 Å². The van der Waals surface area contributed by atoms with Gasteiger partial charge in [0.1, 0.15) is 5.78 Å². The van der Waals surface area contributed by atoms with Gasteiger partial charge < -0.3 is 5.56 Å². The van der Waals surface area contributed by atoms with E-state index >= 15 is 0 Å². The molecule has 0 unspecified atom stereocenters. The van der Waals surface area contributed by atoms with Crippen LogP contribution in [0.1, 0.15) is 34.0 Å². The molecule has 0 N–H and O–H groups in total. The summed E-state index contributed by atoms with van der Waals surface area (Å²) in [5, 5.41) is 0. The molecule has 0 atom stereocenters. The predicted octanol–water partition coefficient (Wildman–Crippen LogP) is 2.44. The van der Waals surface area contributed by atoms with Crippen molar-refractivity contribution < 1.29 is 37.5 Å². The Morgan fingerprint density at radius 2 is 2.00 bits per heavy atom. The Balaban J connectivity index is 0.00000144. The van der Waals surface area contributed by atoms with E-state index in [1.165, 1.54) is 6.92 Å². The number of hydrogen-bond acceptors (Lipinski definition) is 1. The number of carbonyl (C=O) groups excluding carboxylic acids is 1. The zero-order valence-corrected chi connectivity index (χ0v) is 10.8. The molecule has 0 spiro atoms. The first-order valence-electron chi connectivity index (χ1n) is 3.75. The molecule has 2 heteroatoms. The van der Waals surface area contributed by atoms with Gasteiger partial charge in [-0.25, -0.2) is 11.6 Å². The normalized spacial score (nSPS) is 9.08. The van der Waals surface area contributed by atoms with Crippen molar-refractivity contribution in [3.05, 3.63) is 48.2 Å². The van der Waals surface area contributed by atoms with E-state index in [4.69, 9.17) is 6.92 Å². The molecular weight excluding hydrogens is 237 g/mol. The first-order chi connectivity index (χ1) is 5.52. The van der Waals surface area contributed by atoms with Crippen LogP contribution in [-0.2, 0) is 32.7 Å². The molecule has 0 heterocycles. The third-order valence-electron chi connectivity index (χ3n) is 1.88. The molecule has 0 saturated carbocycles. The monoisotopic (exact) mass is 248 g/mol. The molecular formula is C11H11OY-2. The number of hydrogen-bond donors (Lipinski definition) is 0. The second-order valence-electron chi connectivity index (χ2n) is 2.92. The van der Waals surface area contributed by atoms with Crippen LogP contribution in [0, 0.1) is 20.8 Å². The van der Waals surface area contributed by atoms with E-state index in [0.29, 0.717) is 11.1 Å². The number of ketones is 1. The Hall–Kier alpha value is -0.266. The summed E-state index contributed by atoms with van der Waals surface area (Å²) in [7, 11) is 0. The summed E-state index contributed by atoms with van der Waals surface area (Å²) >= 11 is 0. The van der Waals surface area contributed by atoms with Crippen molar-refractivity contribution in [1.29, 1.82) is 0 Å². The number of benzene rings is 1. The summed E-state index contributed by atoms with van der Waals surface area (Å²) in [4.78, 5) is 11.0. The zero-order chi connectivity index (χ0) is 9.30. The molecule has 1 rings (SSSR count). The minimum atomic E-state index is 0. The minimum absolute atomic E-state index is 0. The van der Waals surface area contributed by atoms with Gasteiger partial charge in [0, 0.05) is 32.7 Å². The summed E-state index contributed by atoms with van der Waals surface area (Å²) in [5.74, 6) is 0.0444. The summed E-state index contributed by atoms with van der Waals surface area (Å²) < 4.78 is 0. The van der Waals surface area contributed by atoms with Gasteiger partial charge in [-0.2, -0.15) is 0 Å². The van der Waals surface area contributed by atoms with Crippen LogP contribution in [0.5, 0.6) is 0 Å². The summed E-state index contributed by atoms with van der Waals surface area (Å²) in [5.41, 5.74) is 2.97. The van der Waals surface area contributed by atoms with Gasteiger partial charge in [0.2, 0.25) is 0 Å². The number of Topliss-reactive ketones (excluding diaryl/α,β-unsaturated/α-hetero) is 1. The Kier molecular flexibility index (Phi) is 4.73. The van der Waals surface area contributed by atoms with Crippen LogP contribution in [-0.4, -0.2) is 5.78 Å². The summed E-state index contributed by atoms with van der Waals surface area (Å²) in [6, 6.07) is 3.50. The van der Waals surface area contributed by atoms with Gasteiger partial charge >= 0.3 is 0 Å². The molecule has 1 nitrogen and oxygen atoms in total. The largest absolute Gasteiger partial charge is 0.302 e. The van der Waals surface area contributed by atoms with E-state index in [1.54, 1.807) is 12.1 Å². The Morgan fingerprint density at radius 3 is 2.38 bits per heavy atom. The van der Waals surface area contributed by atoms with Crippen molar-refractivity contribution in [2.75, 3.05) is 0 Å². The van der Waals surface area contributed by atoms with E-state index in [-0.39, 0.29) is 38.5 Å².